The van der Waals surface area contributed by atoms with Crippen LogP contribution in [-0.2, 0) is 9.53 Å². The normalized spacial score (nSPS) is 12.5. The molecule has 188 valence electrons. The summed E-state index contributed by atoms with van der Waals surface area (Å²) in [5.41, 5.74) is 8.01. The van der Waals surface area contributed by atoms with Crippen molar-refractivity contribution in [3.05, 3.63) is 95.0 Å². The van der Waals surface area contributed by atoms with Crippen LogP contribution in [0.25, 0.3) is 0 Å². The Morgan fingerprint density at radius 3 is 2.44 bits per heavy atom. The van der Waals surface area contributed by atoms with Gasteiger partial charge in [-0.1, -0.05) is 59.3 Å². The SMILES string of the molecule is C[C@H](/C=C/C(=O)Nc1ccccc1N)[C@@H](OC(=O)Nc1ccc(Br)cc1)c1ccccc1OCCO. The van der Waals surface area contributed by atoms with E-state index in [2.05, 4.69) is 26.6 Å². The maximum Gasteiger partial charge on any atom is 0.412 e. The molecule has 3 rings (SSSR count). The maximum absolute atomic E-state index is 12.8. The molecule has 0 radical (unpaired) electrons. The summed E-state index contributed by atoms with van der Waals surface area (Å²) in [6.07, 6.45) is 1.56. The van der Waals surface area contributed by atoms with E-state index in [0.717, 1.165) is 4.47 Å². The first-order valence-corrected chi connectivity index (χ1v) is 12.1. The monoisotopic (exact) mass is 553 g/mol. The molecule has 0 bridgehead atoms. The number of ether oxygens (including phenoxy) is 2. The lowest BCUT2D eigenvalue weighted by Gasteiger charge is -2.25. The Kier molecular flexibility index (Phi) is 9.91. The Hall–Kier alpha value is -3.82. The van der Waals surface area contributed by atoms with Crippen LogP contribution in [0.2, 0.25) is 0 Å². The van der Waals surface area contributed by atoms with Crippen LogP contribution < -0.4 is 21.1 Å². The number of benzene rings is 3. The van der Waals surface area contributed by atoms with Gasteiger partial charge < -0.3 is 25.6 Å². The summed E-state index contributed by atoms with van der Waals surface area (Å²) in [6, 6.07) is 21.1. The van der Waals surface area contributed by atoms with Gasteiger partial charge in [0.15, 0.2) is 0 Å². The molecule has 5 N–H and O–H groups in total. The molecule has 0 heterocycles. The van der Waals surface area contributed by atoms with Crippen molar-refractivity contribution in [2.75, 3.05) is 29.6 Å². The minimum Gasteiger partial charge on any atom is -0.491 e. The van der Waals surface area contributed by atoms with Gasteiger partial charge in [0.1, 0.15) is 18.5 Å². The van der Waals surface area contributed by atoms with Crippen molar-refractivity contribution in [3.63, 3.8) is 0 Å². The molecule has 8 nitrogen and oxygen atoms in total. The van der Waals surface area contributed by atoms with E-state index in [-0.39, 0.29) is 19.1 Å². The van der Waals surface area contributed by atoms with Gasteiger partial charge in [0.05, 0.1) is 18.0 Å². The van der Waals surface area contributed by atoms with E-state index in [1.165, 1.54) is 6.08 Å². The average Bonchev–Trinajstić information content (AvgIpc) is 2.87. The van der Waals surface area contributed by atoms with Gasteiger partial charge in [-0.15, -0.1) is 0 Å². The summed E-state index contributed by atoms with van der Waals surface area (Å²) in [6.45, 7) is 1.74. The largest absolute Gasteiger partial charge is 0.491 e. The third kappa shape index (κ3) is 7.86. The molecular formula is C27H28BrN3O5. The fourth-order valence-electron chi connectivity index (χ4n) is 3.38. The van der Waals surface area contributed by atoms with Gasteiger partial charge in [-0.2, -0.15) is 0 Å². The minimum absolute atomic E-state index is 0.0833. The molecule has 0 aliphatic rings. The van der Waals surface area contributed by atoms with Crippen LogP contribution in [-0.4, -0.2) is 30.3 Å². The topological polar surface area (TPSA) is 123 Å². The number of hydrogen-bond acceptors (Lipinski definition) is 6. The van der Waals surface area contributed by atoms with E-state index in [1.54, 1.807) is 78.9 Å². The number of aliphatic hydroxyl groups excluding tert-OH is 1. The van der Waals surface area contributed by atoms with Crippen LogP contribution in [0.15, 0.2) is 89.4 Å². The number of anilines is 3. The second-order valence-corrected chi connectivity index (χ2v) is 8.78. The highest BCUT2D eigenvalue weighted by atomic mass is 79.9. The maximum atomic E-state index is 12.8. The highest BCUT2D eigenvalue weighted by Gasteiger charge is 2.26. The third-order valence-corrected chi connectivity index (χ3v) is 5.68. The van der Waals surface area contributed by atoms with Gasteiger partial charge >= 0.3 is 6.09 Å². The lowest BCUT2D eigenvalue weighted by Crippen LogP contribution is -2.22. The molecule has 3 aromatic rings. The number of hydrogen-bond donors (Lipinski definition) is 4. The average molecular weight is 554 g/mol. The molecule has 0 aromatic heterocycles. The minimum atomic E-state index is -0.791. The van der Waals surface area contributed by atoms with Gasteiger partial charge in [-0.05, 0) is 48.5 Å². The molecule has 0 aliphatic heterocycles. The Labute approximate surface area is 218 Å². The second kappa shape index (κ2) is 13.3. The van der Waals surface area contributed by atoms with E-state index in [0.29, 0.717) is 28.4 Å². The zero-order valence-electron chi connectivity index (χ0n) is 19.7. The highest BCUT2D eigenvalue weighted by molar-refractivity contribution is 9.10. The first kappa shape index (κ1) is 26.8. The number of carbonyl (C=O) groups excluding carboxylic acids is 2. The van der Waals surface area contributed by atoms with Crippen LogP contribution in [0.1, 0.15) is 18.6 Å². The molecule has 3 aromatic carbocycles. The van der Waals surface area contributed by atoms with E-state index in [4.69, 9.17) is 15.2 Å². The summed E-state index contributed by atoms with van der Waals surface area (Å²) in [5, 5.41) is 14.6. The lowest BCUT2D eigenvalue weighted by molar-refractivity contribution is -0.111. The van der Waals surface area contributed by atoms with Gasteiger partial charge in [-0.3, -0.25) is 10.1 Å². The summed E-state index contributed by atoms with van der Waals surface area (Å²) in [4.78, 5) is 25.3. The van der Waals surface area contributed by atoms with Crippen LogP contribution in [0, 0.1) is 5.92 Å². The van der Waals surface area contributed by atoms with E-state index in [1.807, 2.05) is 6.92 Å². The zero-order valence-corrected chi connectivity index (χ0v) is 21.3. The molecule has 0 saturated heterocycles. The predicted octanol–water partition coefficient (Wildman–Crippen LogP) is 5.52. The van der Waals surface area contributed by atoms with Crippen LogP contribution in [0.5, 0.6) is 5.75 Å². The zero-order chi connectivity index (χ0) is 25.9. The van der Waals surface area contributed by atoms with Gasteiger partial charge in [-0.25, -0.2) is 4.79 Å². The molecule has 0 unspecified atom stereocenters. The quantitative estimate of drug-likeness (QED) is 0.193. The Balaban J connectivity index is 1.80. The van der Waals surface area contributed by atoms with Crippen LogP contribution >= 0.6 is 15.9 Å². The van der Waals surface area contributed by atoms with Crippen LogP contribution in [0.3, 0.4) is 0 Å². The summed E-state index contributed by atoms with van der Waals surface area (Å²) in [7, 11) is 0. The smallest absolute Gasteiger partial charge is 0.412 e. The number of nitrogen functional groups attached to an aromatic ring is 1. The number of aliphatic hydroxyl groups is 1. The van der Waals surface area contributed by atoms with Crippen molar-refractivity contribution >= 4 is 45.0 Å². The molecule has 0 aliphatic carbocycles. The summed E-state index contributed by atoms with van der Waals surface area (Å²) in [5.74, 6) is -0.323. The number of para-hydroxylation sites is 3. The first-order valence-electron chi connectivity index (χ1n) is 11.3. The molecule has 9 heteroatoms. The van der Waals surface area contributed by atoms with E-state index in [9.17, 15) is 14.7 Å². The van der Waals surface area contributed by atoms with Gasteiger partial charge in [0, 0.05) is 21.6 Å². The molecule has 0 fully saturated rings. The number of carbonyl (C=O) groups is 2. The van der Waals surface area contributed by atoms with Crippen molar-refractivity contribution in [2.45, 2.75) is 13.0 Å². The predicted molar refractivity (Wildman–Crippen MR) is 144 cm³/mol. The van der Waals surface area contributed by atoms with Crippen molar-refractivity contribution in [1.29, 1.82) is 0 Å². The standard InChI is InChI=1S/C27H28BrN3O5/c1-18(10-15-25(33)31-23-8-4-3-7-22(23)29)26(21-6-2-5-9-24(21)35-17-16-32)36-27(34)30-20-13-11-19(28)12-14-20/h2-15,18,26,32H,16-17,29H2,1H3,(H,30,34)(H,31,33)/b15-10+/t18-,26-/m1/s1. The van der Waals surface area contributed by atoms with Crippen molar-refractivity contribution in [3.8, 4) is 5.75 Å². The fourth-order valence-corrected chi connectivity index (χ4v) is 3.64. The number of nitrogens with one attached hydrogen (secondary N) is 2. The molecule has 36 heavy (non-hydrogen) atoms. The van der Waals surface area contributed by atoms with Gasteiger partial charge in [0.25, 0.3) is 0 Å². The molecular weight excluding hydrogens is 526 g/mol. The van der Waals surface area contributed by atoms with E-state index < -0.39 is 18.1 Å². The number of nitrogens with two attached hydrogens (primary N) is 1. The van der Waals surface area contributed by atoms with Crippen molar-refractivity contribution in [2.24, 2.45) is 5.92 Å². The van der Waals surface area contributed by atoms with Crippen molar-refractivity contribution < 1.29 is 24.2 Å². The third-order valence-electron chi connectivity index (χ3n) is 5.15. The molecule has 2 atom stereocenters. The molecule has 2 amide bonds. The summed E-state index contributed by atoms with van der Waals surface area (Å²) >= 11 is 3.36. The summed E-state index contributed by atoms with van der Waals surface area (Å²) < 4.78 is 12.4. The number of rotatable bonds is 10. The number of halogens is 1. The molecule has 0 saturated carbocycles. The Morgan fingerprint density at radius 1 is 1.03 bits per heavy atom. The fraction of sp³-hybridized carbons (Fsp3) is 0.185. The first-order chi connectivity index (χ1) is 17.4. The van der Waals surface area contributed by atoms with Crippen molar-refractivity contribution in [1.82, 2.24) is 0 Å². The van der Waals surface area contributed by atoms with E-state index >= 15 is 0 Å². The Bertz CT molecular complexity index is 1200. The molecule has 0 spiro atoms. The number of amides is 2. The lowest BCUT2D eigenvalue weighted by atomic mass is 9.95. The van der Waals surface area contributed by atoms with Gasteiger partial charge in [0.2, 0.25) is 5.91 Å². The Morgan fingerprint density at radius 2 is 1.72 bits per heavy atom. The van der Waals surface area contributed by atoms with Crippen LogP contribution in [0.4, 0.5) is 21.9 Å². The highest BCUT2D eigenvalue weighted by Crippen LogP contribution is 2.34. The second-order valence-electron chi connectivity index (χ2n) is 7.86.